The molecule has 2 rings (SSSR count). The SMILES string of the molecule is CC=CC=C1C=CC2NCC(CC)C(O)C12O. The Morgan fingerprint density at radius 3 is 3.00 bits per heavy atom. The molecule has 1 aliphatic carbocycles. The van der Waals surface area contributed by atoms with E-state index in [9.17, 15) is 10.2 Å². The lowest BCUT2D eigenvalue weighted by Gasteiger charge is -2.44. The summed E-state index contributed by atoms with van der Waals surface area (Å²) in [6.07, 6.45) is 9.67. The molecule has 0 aromatic heterocycles. The maximum absolute atomic E-state index is 10.8. The number of allylic oxidation sites excluding steroid dienone is 3. The van der Waals surface area contributed by atoms with E-state index in [0.717, 1.165) is 18.5 Å². The maximum atomic E-state index is 10.8. The molecule has 94 valence electrons. The number of aliphatic hydroxyl groups is 2. The quantitative estimate of drug-likeness (QED) is 0.673. The van der Waals surface area contributed by atoms with Crippen LogP contribution in [0.25, 0.3) is 0 Å². The zero-order valence-electron chi connectivity index (χ0n) is 10.4. The second-order valence-electron chi connectivity index (χ2n) is 4.83. The first kappa shape index (κ1) is 12.6. The molecule has 1 fully saturated rings. The van der Waals surface area contributed by atoms with Gasteiger partial charge in [0.2, 0.25) is 0 Å². The Morgan fingerprint density at radius 2 is 2.35 bits per heavy atom. The van der Waals surface area contributed by atoms with Crippen LogP contribution in [0.2, 0.25) is 0 Å². The van der Waals surface area contributed by atoms with E-state index >= 15 is 0 Å². The van der Waals surface area contributed by atoms with Crippen LogP contribution in [0.5, 0.6) is 0 Å². The van der Waals surface area contributed by atoms with Crippen LogP contribution in [-0.4, -0.2) is 34.5 Å². The summed E-state index contributed by atoms with van der Waals surface area (Å²) in [5, 5.41) is 24.5. The lowest BCUT2D eigenvalue weighted by Crippen LogP contribution is -2.64. The smallest absolute Gasteiger partial charge is 0.134 e. The molecule has 3 N–H and O–H groups in total. The number of nitrogens with one attached hydrogen (secondary N) is 1. The lowest BCUT2D eigenvalue weighted by molar-refractivity contribution is -0.103. The van der Waals surface area contributed by atoms with Crippen molar-refractivity contribution in [2.24, 2.45) is 5.92 Å². The lowest BCUT2D eigenvalue weighted by atomic mass is 9.75. The van der Waals surface area contributed by atoms with Gasteiger partial charge in [0.05, 0.1) is 12.1 Å². The topological polar surface area (TPSA) is 52.5 Å². The Kier molecular flexibility index (Phi) is 3.52. The van der Waals surface area contributed by atoms with Crippen molar-refractivity contribution in [3.05, 3.63) is 36.0 Å². The van der Waals surface area contributed by atoms with Crippen LogP contribution in [-0.2, 0) is 0 Å². The van der Waals surface area contributed by atoms with Crippen molar-refractivity contribution in [2.45, 2.75) is 38.0 Å². The van der Waals surface area contributed by atoms with Crippen molar-refractivity contribution in [1.82, 2.24) is 5.32 Å². The van der Waals surface area contributed by atoms with Gasteiger partial charge in [0.1, 0.15) is 5.60 Å². The molecule has 1 saturated heterocycles. The monoisotopic (exact) mass is 235 g/mol. The highest BCUT2D eigenvalue weighted by Crippen LogP contribution is 2.39. The van der Waals surface area contributed by atoms with E-state index in [1.807, 2.05) is 44.2 Å². The summed E-state index contributed by atoms with van der Waals surface area (Å²) in [5.41, 5.74) is -0.378. The van der Waals surface area contributed by atoms with Crippen LogP contribution >= 0.6 is 0 Å². The molecule has 0 amide bonds. The van der Waals surface area contributed by atoms with Gasteiger partial charge in [-0.1, -0.05) is 37.3 Å². The Hall–Kier alpha value is -0.900. The first-order valence-corrected chi connectivity index (χ1v) is 6.30. The van der Waals surface area contributed by atoms with Gasteiger partial charge in [0.15, 0.2) is 0 Å². The molecular weight excluding hydrogens is 214 g/mol. The van der Waals surface area contributed by atoms with Gasteiger partial charge in [-0.25, -0.2) is 0 Å². The number of piperidine rings is 1. The molecular formula is C14H21NO2. The number of hydrogen-bond donors (Lipinski definition) is 3. The van der Waals surface area contributed by atoms with E-state index in [2.05, 4.69) is 5.32 Å². The minimum atomic E-state index is -1.17. The molecule has 0 spiro atoms. The number of fused-ring (bicyclic) bond motifs is 1. The largest absolute Gasteiger partial charge is 0.389 e. The van der Waals surface area contributed by atoms with Gasteiger partial charge in [0.25, 0.3) is 0 Å². The zero-order chi connectivity index (χ0) is 12.5. The molecule has 1 aliphatic heterocycles. The minimum absolute atomic E-state index is 0.102. The van der Waals surface area contributed by atoms with Gasteiger partial charge in [0, 0.05) is 12.5 Å². The van der Waals surface area contributed by atoms with Gasteiger partial charge < -0.3 is 15.5 Å². The molecule has 0 bridgehead atoms. The maximum Gasteiger partial charge on any atom is 0.134 e. The average molecular weight is 235 g/mol. The van der Waals surface area contributed by atoms with E-state index in [4.69, 9.17) is 0 Å². The summed E-state index contributed by atoms with van der Waals surface area (Å²) in [6, 6.07) is -0.170. The molecule has 3 nitrogen and oxygen atoms in total. The number of aliphatic hydroxyl groups excluding tert-OH is 1. The molecule has 0 aromatic carbocycles. The molecule has 0 radical (unpaired) electrons. The molecule has 2 aliphatic rings. The number of hydrogen-bond acceptors (Lipinski definition) is 3. The highest BCUT2D eigenvalue weighted by Gasteiger charge is 2.52. The molecule has 0 aromatic rings. The van der Waals surface area contributed by atoms with Crippen LogP contribution in [0.15, 0.2) is 36.0 Å². The summed E-state index contributed by atoms with van der Waals surface area (Å²) in [6.45, 7) is 4.73. The third-order valence-corrected chi connectivity index (χ3v) is 3.89. The fourth-order valence-electron chi connectivity index (χ4n) is 2.74. The van der Waals surface area contributed by atoms with Gasteiger partial charge in [-0.05, 0) is 18.9 Å². The highest BCUT2D eigenvalue weighted by molar-refractivity contribution is 5.45. The zero-order valence-corrected chi connectivity index (χ0v) is 10.4. The van der Waals surface area contributed by atoms with Crippen molar-refractivity contribution in [2.75, 3.05) is 6.54 Å². The Labute approximate surface area is 103 Å². The predicted molar refractivity (Wildman–Crippen MR) is 68.6 cm³/mol. The van der Waals surface area contributed by atoms with Gasteiger partial charge in [-0.2, -0.15) is 0 Å². The Bertz CT molecular complexity index is 372. The standard InChI is InChI=1S/C14H21NO2/c1-3-5-6-11-7-8-12-14(11,17)13(16)10(4-2)9-15-12/h3,5-8,10,12-13,15-17H,4,9H2,1-2H3. The van der Waals surface area contributed by atoms with E-state index in [1.54, 1.807) is 0 Å². The van der Waals surface area contributed by atoms with Crippen LogP contribution in [0.1, 0.15) is 20.3 Å². The average Bonchev–Trinajstić information content (AvgIpc) is 2.66. The van der Waals surface area contributed by atoms with Crippen LogP contribution in [0.4, 0.5) is 0 Å². The van der Waals surface area contributed by atoms with Crippen molar-refractivity contribution in [1.29, 1.82) is 0 Å². The molecule has 3 heteroatoms. The van der Waals surface area contributed by atoms with E-state index < -0.39 is 11.7 Å². The van der Waals surface area contributed by atoms with Crippen molar-refractivity contribution >= 4 is 0 Å². The van der Waals surface area contributed by atoms with Crippen molar-refractivity contribution in [3.8, 4) is 0 Å². The Morgan fingerprint density at radius 1 is 1.59 bits per heavy atom. The number of rotatable bonds is 2. The molecule has 4 atom stereocenters. The highest BCUT2D eigenvalue weighted by atomic mass is 16.3. The van der Waals surface area contributed by atoms with Crippen molar-refractivity contribution in [3.63, 3.8) is 0 Å². The predicted octanol–water partition coefficient (Wildman–Crippen LogP) is 1.15. The van der Waals surface area contributed by atoms with E-state index in [-0.39, 0.29) is 12.0 Å². The summed E-state index contributed by atoms with van der Waals surface area (Å²) >= 11 is 0. The minimum Gasteiger partial charge on any atom is -0.389 e. The van der Waals surface area contributed by atoms with Crippen LogP contribution in [0.3, 0.4) is 0 Å². The summed E-state index contributed by atoms with van der Waals surface area (Å²) in [7, 11) is 0. The molecule has 4 unspecified atom stereocenters. The molecule has 0 saturated carbocycles. The summed E-state index contributed by atoms with van der Waals surface area (Å²) in [5.74, 6) is 0.102. The van der Waals surface area contributed by atoms with Crippen LogP contribution in [0, 0.1) is 5.92 Å². The van der Waals surface area contributed by atoms with Gasteiger partial charge in [-0.3, -0.25) is 0 Å². The first-order chi connectivity index (χ1) is 8.14. The van der Waals surface area contributed by atoms with Gasteiger partial charge >= 0.3 is 0 Å². The normalized spacial score (nSPS) is 43.5. The first-order valence-electron chi connectivity index (χ1n) is 6.30. The van der Waals surface area contributed by atoms with Crippen LogP contribution < -0.4 is 5.32 Å². The van der Waals surface area contributed by atoms with E-state index in [1.165, 1.54) is 0 Å². The van der Waals surface area contributed by atoms with E-state index in [0.29, 0.717) is 0 Å². The summed E-state index contributed by atoms with van der Waals surface area (Å²) in [4.78, 5) is 0. The second-order valence-corrected chi connectivity index (χ2v) is 4.83. The third kappa shape index (κ3) is 1.88. The fraction of sp³-hybridized carbons (Fsp3) is 0.571. The van der Waals surface area contributed by atoms with Crippen molar-refractivity contribution < 1.29 is 10.2 Å². The van der Waals surface area contributed by atoms with Gasteiger partial charge in [-0.15, -0.1) is 0 Å². The Balaban J connectivity index is 2.32. The third-order valence-electron chi connectivity index (χ3n) is 3.89. The molecule has 1 heterocycles. The summed E-state index contributed by atoms with van der Waals surface area (Å²) < 4.78 is 0. The second kappa shape index (κ2) is 4.77. The molecule has 17 heavy (non-hydrogen) atoms. The fourth-order valence-corrected chi connectivity index (χ4v) is 2.74.